The maximum absolute atomic E-state index is 5.77. The van der Waals surface area contributed by atoms with Gasteiger partial charge in [0.25, 0.3) is 0 Å². The van der Waals surface area contributed by atoms with E-state index in [4.69, 9.17) is 17.3 Å². The van der Waals surface area contributed by atoms with Crippen LogP contribution < -0.4 is 5.73 Å². The highest BCUT2D eigenvalue weighted by Gasteiger charge is 2.01. The minimum Gasteiger partial charge on any atom is -0.398 e. The van der Waals surface area contributed by atoms with E-state index in [1.54, 1.807) is 6.07 Å². The Hall–Kier alpha value is -1.28. The van der Waals surface area contributed by atoms with Gasteiger partial charge in [0.15, 0.2) is 0 Å². The lowest BCUT2D eigenvalue weighted by atomic mass is 10.1. The third-order valence-electron chi connectivity index (χ3n) is 2.15. The minimum absolute atomic E-state index is 0.511. The number of rotatable bonds is 0. The van der Waals surface area contributed by atoms with Crippen LogP contribution in [0.25, 0.3) is 10.9 Å². The highest BCUT2D eigenvalue weighted by Crippen LogP contribution is 2.23. The number of hydrogen-bond acceptors (Lipinski definition) is 2. The maximum Gasteiger partial charge on any atom is 0.129 e. The average molecular weight is 193 g/mol. The van der Waals surface area contributed by atoms with Gasteiger partial charge in [-0.2, -0.15) is 0 Å². The Morgan fingerprint density at radius 2 is 2.00 bits per heavy atom. The normalized spacial score (nSPS) is 10.6. The molecule has 0 saturated heterocycles. The van der Waals surface area contributed by atoms with E-state index in [9.17, 15) is 0 Å². The van der Waals surface area contributed by atoms with E-state index in [-0.39, 0.29) is 0 Å². The van der Waals surface area contributed by atoms with Gasteiger partial charge >= 0.3 is 0 Å². The second-order valence-electron chi connectivity index (χ2n) is 2.98. The van der Waals surface area contributed by atoms with Crippen LogP contribution >= 0.6 is 11.6 Å². The molecular weight excluding hydrogens is 184 g/mol. The van der Waals surface area contributed by atoms with E-state index in [1.165, 1.54) is 0 Å². The molecule has 1 aromatic heterocycles. The topological polar surface area (TPSA) is 38.9 Å². The van der Waals surface area contributed by atoms with Crippen LogP contribution in [0.3, 0.4) is 0 Å². The zero-order valence-corrected chi connectivity index (χ0v) is 7.97. The van der Waals surface area contributed by atoms with Gasteiger partial charge in [-0.05, 0) is 36.8 Å². The fourth-order valence-electron chi connectivity index (χ4n) is 1.34. The lowest BCUT2D eigenvalue weighted by Gasteiger charge is -2.04. The molecule has 0 saturated carbocycles. The Bertz CT molecular complexity index is 466. The third kappa shape index (κ3) is 1.33. The highest BCUT2D eigenvalue weighted by atomic mass is 35.5. The van der Waals surface area contributed by atoms with Crippen LogP contribution in [0.1, 0.15) is 5.56 Å². The molecule has 1 aromatic carbocycles. The van der Waals surface area contributed by atoms with Crippen molar-refractivity contribution in [2.24, 2.45) is 0 Å². The molecule has 0 radical (unpaired) electrons. The summed E-state index contributed by atoms with van der Waals surface area (Å²) in [4.78, 5) is 4.19. The van der Waals surface area contributed by atoms with Crippen molar-refractivity contribution in [1.29, 1.82) is 0 Å². The fourth-order valence-corrected chi connectivity index (χ4v) is 1.50. The van der Waals surface area contributed by atoms with Gasteiger partial charge in [-0.1, -0.05) is 11.6 Å². The van der Waals surface area contributed by atoms with Crippen molar-refractivity contribution in [1.82, 2.24) is 4.98 Å². The van der Waals surface area contributed by atoms with E-state index in [0.717, 1.165) is 22.2 Å². The number of halogens is 1. The molecule has 2 nitrogen and oxygen atoms in total. The van der Waals surface area contributed by atoms with Crippen LogP contribution in [0.5, 0.6) is 0 Å². The van der Waals surface area contributed by atoms with Crippen LogP contribution in [0.4, 0.5) is 5.69 Å². The van der Waals surface area contributed by atoms with Crippen molar-refractivity contribution in [2.45, 2.75) is 6.92 Å². The summed E-state index contributed by atoms with van der Waals surface area (Å²) < 4.78 is 0. The third-order valence-corrected chi connectivity index (χ3v) is 2.36. The maximum atomic E-state index is 5.77. The van der Waals surface area contributed by atoms with Crippen LogP contribution in [0, 0.1) is 6.92 Å². The molecule has 13 heavy (non-hydrogen) atoms. The highest BCUT2D eigenvalue weighted by molar-refractivity contribution is 6.29. The van der Waals surface area contributed by atoms with Gasteiger partial charge in [0.1, 0.15) is 5.15 Å². The van der Waals surface area contributed by atoms with Crippen LogP contribution in [-0.2, 0) is 0 Å². The summed E-state index contributed by atoms with van der Waals surface area (Å²) in [5, 5.41) is 1.57. The first-order valence-corrected chi connectivity index (χ1v) is 4.37. The molecule has 0 aliphatic rings. The average Bonchev–Trinajstić information content (AvgIpc) is 2.12. The fraction of sp³-hybridized carbons (Fsp3) is 0.100. The van der Waals surface area contributed by atoms with Gasteiger partial charge in [0.2, 0.25) is 0 Å². The summed E-state index contributed by atoms with van der Waals surface area (Å²) in [6.07, 6.45) is 0. The molecule has 66 valence electrons. The van der Waals surface area contributed by atoms with E-state index in [2.05, 4.69) is 4.98 Å². The molecule has 0 spiro atoms. The first-order valence-electron chi connectivity index (χ1n) is 4.00. The second kappa shape index (κ2) is 2.89. The largest absolute Gasteiger partial charge is 0.398 e. The number of nitrogens with two attached hydrogens (primary N) is 1. The molecule has 2 rings (SSSR count). The number of aryl methyl sites for hydroxylation is 1. The molecule has 0 atom stereocenters. The predicted octanol–water partition coefficient (Wildman–Crippen LogP) is 2.78. The van der Waals surface area contributed by atoms with Gasteiger partial charge in [0, 0.05) is 11.1 Å². The molecule has 0 aliphatic heterocycles. The standard InChI is InChI=1S/C10H9ClN2/c1-6-7-2-5-10(11)13-9(7)4-3-8(6)12/h2-5H,12H2,1H3. The molecule has 2 N–H and O–H groups in total. The number of pyridine rings is 1. The van der Waals surface area contributed by atoms with E-state index in [0.29, 0.717) is 5.15 Å². The number of nitrogens with zero attached hydrogens (tertiary/aromatic N) is 1. The Balaban J connectivity index is 2.87. The molecule has 3 heteroatoms. The van der Waals surface area contributed by atoms with Gasteiger partial charge < -0.3 is 5.73 Å². The van der Waals surface area contributed by atoms with E-state index < -0.39 is 0 Å². The van der Waals surface area contributed by atoms with Crippen LogP contribution in [0.15, 0.2) is 24.3 Å². The number of fused-ring (bicyclic) bond motifs is 1. The summed E-state index contributed by atoms with van der Waals surface area (Å²) in [5.41, 5.74) is 8.50. The first-order chi connectivity index (χ1) is 6.18. The van der Waals surface area contributed by atoms with Gasteiger partial charge in [-0.3, -0.25) is 0 Å². The lowest BCUT2D eigenvalue weighted by Crippen LogP contribution is -1.91. The molecule has 0 fully saturated rings. The smallest absolute Gasteiger partial charge is 0.129 e. The summed E-state index contributed by atoms with van der Waals surface area (Å²) in [6.45, 7) is 1.98. The molecule has 0 unspecified atom stereocenters. The summed E-state index contributed by atoms with van der Waals surface area (Å²) >= 11 is 5.77. The first kappa shape index (κ1) is 8.32. The molecular formula is C10H9ClN2. The van der Waals surface area contributed by atoms with Crippen molar-refractivity contribution in [3.8, 4) is 0 Å². The number of benzene rings is 1. The lowest BCUT2D eigenvalue weighted by molar-refractivity contribution is 1.39. The zero-order valence-electron chi connectivity index (χ0n) is 7.21. The van der Waals surface area contributed by atoms with Crippen LogP contribution in [-0.4, -0.2) is 4.98 Å². The van der Waals surface area contributed by atoms with E-state index in [1.807, 2.05) is 25.1 Å². The SMILES string of the molecule is Cc1c(N)ccc2nc(Cl)ccc12. The molecule has 0 aliphatic carbocycles. The molecule has 0 amide bonds. The Morgan fingerprint density at radius 1 is 1.23 bits per heavy atom. The zero-order chi connectivity index (χ0) is 9.42. The van der Waals surface area contributed by atoms with Crippen molar-refractivity contribution >= 4 is 28.2 Å². The predicted molar refractivity (Wildman–Crippen MR) is 55.9 cm³/mol. The monoisotopic (exact) mass is 192 g/mol. The number of nitrogen functional groups attached to an aromatic ring is 1. The molecule has 0 bridgehead atoms. The Labute approximate surface area is 81.3 Å². The van der Waals surface area contributed by atoms with E-state index >= 15 is 0 Å². The number of aromatic nitrogens is 1. The summed E-state index contributed by atoms with van der Waals surface area (Å²) in [7, 11) is 0. The Morgan fingerprint density at radius 3 is 2.77 bits per heavy atom. The number of hydrogen-bond donors (Lipinski definition) is 1. The van der Waals surface area contributed by atoms with Crippen molar-refractivity contribution in [2.75, 3.05) is 5.73 Å². The van der Waals surface area contributed by atoms with Crippen molar-refractivity contribution in [3.05, 3.63) is 35.0 Å². The quantitative estimate of drug-likeness (QED) is 0.515. The van der Waals surface area contributed by atoms with Gasteiger partial charge in [0.05, 0.1) is 5.52 Å². The second-order valence-corrected chi connectivity index (χ2v) is 3.37. The van der Waals surface area contributed by atoms with Crippen LogP contribution in [0.2, 0.25) is 5.15 Å². The van der Waals surface area contributed by atoms with Gasteiger partial charge in [-0.15, -0.1) is 0 Å². The molecule has 1 heterocycles. The van der Waals surface area contributed by atoms with Gasteiger partial charge in [-0.25, -0.2) is 4.98 Å². The molecule has 2 aromatic rings. The summed E-state index contributed by atoms with van der Waals surface area (Å²) in [5.74, 6) is 0. The van der Waals surface area contributed by atoms with Crippen molar-refractivity contribution < 1.29 is 0 Å². The Kier molecular flexibility index (Phi) is 1.85. The summed E-state index contributed by atoms with van der Waals surface area (Å²) in [6, 6.07) is 7.44. The minimum atomic E-state index is 0.511. The number of anilines is 1. The van der Waals surface area contributed by atoms with Crippen molar-refractivity contribution in [3.63, 3.8) is 0 Å².